The van der Waals surface area contributed by atoms with Crippen molar-refractivity contribution < 1.29 is 18.3 Å². The van der Waals surface area contributed by atoms with Crippen LogP contribution in [0.1, 0.15) is 26.7 Å². The first kappa shape index (κ1) is 17.5. The topological polar surface area (TPSA) is 77.9 Å². The van der Waals surface area contributed by atoms with Gasteiger partial charge in [0.2, 0.25) is 0 Å². The van der Waals surface area contributed by atoms with Gasteiger partial charge in [-0.1, -0.05) is 32.0 Å². The van der Waals surface area contributed by atoms with Crippen LogP contribution in [0.4, 0.5) is 5.69 Å². The van der Waals surface area contributed by atoms with Gasteiger partial charge < -0.3 is 5.11 Å². The lowest BCUT2D eigenvalue weighted by Gasteiger charge is -2.30. The van der Waals surface area contributed by atoms with Gasteiger partial charge in [-0.25, -0.2) is 0 Å². The Balaban J connectivity index is 3.04. The van der Waals surface area contributed by atoms with Crippen molar-refractivity contribution in [3.63, 3.8) is 0 Å². The van der Waals surface area contributed by atoms with E-state index in [0.717, 1.165) is 0 Å². The zero-order chi connectivity index (χ0) is 15.9. The SMILES string of the molecule is CCN(CC)S(=O)(=O)N(CCCC(=O)O)c1ccccc1. The fraction of sp³-hybridized carbons (Fsp3) is 0.500. The highest BCUT2D eigenvalue weighted by Gasteiger charge is 2.27. The summed E-state index contributed by atoms with van der Waals surface area (Å²) >= 11 is 0. The first-order valence-corrected chi connectivity index (χ1v) is 8.37. The molecule has 0 aliphatic carbocycles. The van der Waals surface area contributed by atoms with Gasteiger partial charge in [0.1, 0.15) is 0 Å². The molecule has 0 fully saturated rings. The molecule has 21 heavy (non-hydrogen) atoms. The van der Waals surface area contributed by atoms with Crippen molar-refractivity contribution >= 4 is 21.9 Å². The number of para-hydroxylation sites is 1. The molecule has 1 aromatic rings. The molecule has 0 saturated heterocycles. The molecule has 0 aromatic heterocycles. The molecular formula is C14H22N2O4S. The Hall–Kier alpha value is -1.60. The number of carboxylic acid groups (broad SMARTS) is 1. The normalized spacial score (nSPS) is 11.6. The molecule has 0 unspecified atom stereocenters. The quantitative estimate of drug-likeness (QED) is 0.755. The summed E-state index contributed by atoms with van der Waals surface area (Å²) in [6.07, 6.45) is 0.210. The van der Waals surface area contributed by atoms with Gasteiger partial charge in [0, 0.05) is 26.1 Å². The highest BCUT2D eigenvalue weighted by molar-refractivity contribution is 7.90. The summed E-state index contributed by atoms with van der Waals surface area (Å²) in [6, 6.07) is 8.75. The van der Waals surface area contributed by atoms with Crippen LogP contribution in [0.15, 0.2) is 30.3 Å². The molecule has 0 spiro atoms. The van der Waals surface area contributed by atoms with E-state index in [0.29, 0.717) is 18.8 Å². The minimum absolute atomic E-state index is 0.0584. The number of hydrogen-bond acceptors (Lipinski definition) is 3. The molecule has 0 aliphatic rings. The van der Waals surface area contributed by atoms with Crippen molar-refractivity contribution in [1.29, 1.82) is 0 Å². The molecule has 1 rings (SSSR count). The maximum Gasteiger partial charge on any atom is 0.304 e. The number of nitrogens with zero attached hydrogens (tertiary/aromatic N) is 2. The third kappa shape index (κ3) is 4.71. The van der Waals surface area contributed by atoms with E-state index in [2.05, 4.69) is 0 Å². The van der Waals surface area contributed by atoms with Gasteiger partial charge in [0.05, 0.1) is 5.69 Å². The predicted molar refractivity (Wildman–Crippen MR) is 82.5 cm³/mol. The van der Waals surface area contributed by atoms with Crippen molar-refractivity contribution in [3.8, 4) is 0 Å². The number of rotatable bonds is 9. The molecule has 0 heterocycles. The standard InChI is InChI=1S/C14H22N2O4S/c1-3-15(4-2)21(19,20)16(12-8-11-14(17)18)13-9-6-5-7-10-13/h5-7,9-10H,3-4,8,11-12H2,1-2H3,(H,17,18). The highest BCUT2D eigenvalue weighted by Crippen LogP contribution is 2.20. The summed E-state index contributed by atoms with van der Waals surface area (Å²) < 4.78 is 28.0. The minimum Gasteiger partial charge on any atom is -0.481 e. The van der Waals surface area contributed by atoms with Crippen LogP contribution < -0.4 is 4.31 Å². The summed E-state index contributed by atoms with van der Waals surface area (Å²) in [5.74, 6) is -0.928. The predicted octanol–water partition coefficient (Wildman–Crippen LogP) is 1.94. The molecule has 1 N–H and O–H groups in total. The summed E-state index contributed by atoms with van der Waals surface area (Å²) in [4.78, 5) is 10.6. The molecule has 0 radical (unpaired) electrons. The van der Waals surface area contributed by atoms with Crippen LogP contribution >= 0.6 is 0 Å². The van der Waals surface area contributed by atoms with E-state index < -0.39 is 16.2 Å². The number of aliphatic carboxylic acids is 1. The Morgan fingerprint density at radius 3 is 2.19 bits per heavy atom. The average molecular weight is 314 g/mol. The third-order valence-electron chi connectivity index (χ3n) is 3.11. The zero-order valence-electron chi connectivity index (χ0n) is 12.4. The second-order valence-electron chi connectivity index (χ2n) is 4.50. The fourth-order valence-corrected chi connectivity index (χ4v) is 3.71. The molecule has 0 aliphatic heterocycles. The lowest BCUT2D eigenvalue weighted by molar-refractivity contribution is -0.137. The Morgan fingerprint density at radius 2 is 1.71 bits per heavy atom. The van der Waals surface area contributed by atoms with Gasteiger partial charge in [-0.05, 0) is 18.6 Å². The van der Waals surface area contributed by atoms with E-state index in [1.54, 1.807) is 38.1 Å². The molecule has 0 atom stereocenters. The molecule has 0 bridgehead atoms. The Kier molecular flexibility index (Phi) is 6.64. The zero-order valence-corrected chi connectivity index (χ0v) is 13.2. The van der Waals surface area contributed by atoms with Crippen LogP contribution in [0, 0.1) is 0 Å². The van der Waals surface area contributed by atoms with E-state index in [1.807, 2.05) is 6.07 Å². The van der Waals surface area contributed by atoms with E-state index in [4.69, 9.17) is 5.11 Å². The van der Waals surface area contributed by atoms with E-state index in [1.165, 1.54) is 8.61 Å². The maximum atomic E-state index is 12.7. The van der Waals surface area contributed by atoms with E-state index in [-0.39, 0.29) is 19.4 Å². The van der Waals surface area contributed by atoms with Gasteiger partial charge in [0.15, 0.2) is 0 Å². The van der Waals surface area contributed by atoms with Crippen molar-refractivity contribution in [2.45, 2.75) is 26.7 Å². The molecular weight excluding hydrogens is 292 g/mol. The van der Waals surface area contributed by atoms with Crippen LogP contribution in [-0.4, -0.2) is 43.4 Å². The van der Waals surface area contributed by atoms with Gasteiger partial charge in [-0.2, -0.15) is 12.7 Å². The number of anilines is 1. The second kappa shape index (κ2) is 7.99. The number of hydrogen-bond donors (Lipinski definition) is 1. The van der Waals surface area contributed by atoms with Crippen LogP contribution in [0.25, 0.3) is 0 Å². The van der Waals surface area contributed by atoms with Gasteiger partial charge in [-0.15, -0.1) is 0 Å². The summed E-state index contributed by atoms with van der Waals surface area (Å²) in [5.41, 5.74) is 0.551. The molecule has 1 aromatic carbocycles. The Bertz CT molecular complexity index is 541. The van der Waals surface area contributed by atoms with Crippen LogP contribution in [-0.2, 0) is 15.0 Å². The fourth-order valence-electron chi connectivity index (χ4n) is 2.04. The van der Waals surface area contributed by atoms with Crippen molar-refractivity contribution in [1.82, 2.24) is 4.31 Å². The second-order valence-corrected chi connectivity index (χ2v) is 6.35. The largest absolute Gasteiger partial charge is 0.481 e. The third-order valence-corrected chi connectivity index (χ3v) is 5.23. The van der Waals surface area contributed by atoms with Gasteiger partial charge >= 0.3 is 16.2 Å². The lowest BCUT2D eigenvalue weighted by atomic mass is 10.3. The van der Waals surface area contributed by atoms with Gasteiger partial charge in [0.25, 0.3) is 0 Å². The number of benzene rings is 1. The van der Waals surface area contributed by atoms with Crippen LogP contribution in [0.5, 0.6) is 0 Å². The van der Waals surface area contributed by atoms with E-state index >= 15 is 0 Å². The highest BCUT2D eigenvalue weighted by atomic mass is 32.2. The molecule has 0 saturated carbocycles. The molecule has 0 amide bonds. The van der Waals surface area contributed by atoms with Gasteiger partial charge in [-0.3, -0.25) is 9.10 Å². The monoisotopic (exact) mass is 314 g/mol. The lowest BCUT2D eigenvalue weighted by Crippen LogP contribution is -2.44. The first-order chi connectivity index (χ1) is 9.93. The smallest absolute Gasteiger partial charge is 0.304 e. The van der Waals surface area contributed by atoms with Crippen molar-refractivity contribution in [3.05, 3.63) is 30.3 Å². The number of carboxylic acids is 1. The average Bonchev–Trinajstić information content (AvgIpc) is 2.45. The number of carbonyl (C=O) groups is 1. The first-order valence-electron chi connectivity index (χ1n) is 6.98. The maximum absolute atomic E-state index is 12.7. The summed E-state index contributed by atoms with van der Waals surface area (Å²) in [5, 5.41) is 8.72. The Labute approximate surface area is 126 Å². The molecule has 7 heteroatoms. The van der Waals surface area contributed by atoms with Crippen molar-refractivity contribution in [2.24, 2.45) is 0 Å². The van der Waals surface area contributed by atoms with Crippen molar-refractivity contribution in [2.75, 3.05) is 23.9 Å². The Morgan fingerprint density at radius 1 is 1.14 bits per heavy atom. The van der Waals surface area contributed by atoms with E-state index in [9.17, 15) is 13.2 Å². The molecule has 6 nitrogen and oxygen atoms in total. The molecule has 118 valence electrons. The summed E-state index contributed by atoms with van der Waals surface area (Å²) in [6.45, 7) is 4.46. The van der Waals surface area contributed by atoms with Crippen LogP contribution in [0.2, 0.25) is 0 Å². The van der Waals surface area contributed by atoms with Crippen LogP contribution in [0.3, 0.4) is 0 Å². The minimum atomic E-state index is -3.64. The summed E-state index contributed by atoms with van der Waals surface area (Å²) in [7, 11) is -3.64.